The second-order valence-electron chi connectivity index (χ2n) is 1.47. The van der Waals surface area contributed by atoms with Crippen LogP contribution in [0.1, 0.15) is 6.92 Å². The van der Waals surface area contributed by atoms with Crippen LogP contribution < -0.4 is 0 Å². The van der Waals surface area contributed by atoms with Gasteiger partial charge in [0.25, 0.3) is 0 Å². The van der Waals surface area contributed by atoms with Gasteiger partial charge in [0, 0.05) is 13.1 Å². The molecule has 0 saturated carbocycles. The third-order valence-electron chi connectivity index (χ3n) is 0.939. The average Bonchev–Trinajstić information content (AvgIpc) is 1.82. The Hall–Kier alpha value is -0.160. The highest BCUT2D eigenvalue weighted by molar-refractivity contribution is 7.69. The lowest BCUT2D eigenvalue weighted by Crippen LogP contribution is -2.23. The summed E-state index contributed by atoms with van der Waals surface area (Å²) in [5.41, 5.74) is 0. The molecule has 0 unspecified atom stereocenters. The predicted octanol–water partition coefficient (Wildman–Crippen LogP) is -0.196. The zero-order valence-electron chi connectivity index (χ0n) is 5.21. The Labute approximate surface area is 55.6 Å². The second-order valence-corrected chi connectivity index (χ2v) is 2.51. The molecule has 56 valence electrons. The van der Waals surface area contributed by atoms with Crippen molar-refractivity contribution in [3.8, 4) is 0 Å². The number of hydrogen-bond acceptors (Lipinski definition) is 2. The summed E-state index contributed by atoms with van der Waals surface area (Å²) in [5.74, 6) is 0. The fourth-order valence-corrected chi connectivity index (χ4v) is 0.923. The first-order valence-electron chi connectivity index (χ1n) is 2.67. The molecule has 0 saturated heterocycles. The molecule has 9 heavy (non-hydrogen) atoms. The van der Waals surface area contributed by atoms with Gasteiger partial charge in [0.05, 0.1) is 0 Å². The molecule has 0 aromatic heterocycles. The van der Waals surface area contributed by atoms with Crippen molar-refractivity contribution in [3.05, 3.63) is 0 Å². The van der Waals surface area contributed by atoms with Gasteiger partial charge < -0.3 is 0 Å². The van der Waals surface area contributed by atoms with Crippen LogP contribution >= 0.6 is 0 Å². The fraction of sp³-hybridized carbons (Fsp3) is 1.00. The lowest BCUT2D eigenvalue weighted by atomic mass is 10.6. The van der Waals surface area contributed by atoms with E-state index in [2.05, 4.69) is 0 Å². The van der Waals surface area contributed by atoms with Crippen molar-refractivity contribution in [2.75, 3.05) is 19.8 Å². The third kappa shape index (κ3) is 3.42. The van der Waals surface area contributed by atoms with E-state index < -0.39 is 17.6 Å². The molecule has 0 fully saturated rings. The monoisotopic (exact) mass is 155 g/mol. The van der Waals surface area contributed by atoms with Crippen LogP contribution in [0.3, 0.4) is 0 Å². The summed E-state index contributed by atoms with van der Waals surface area (Å²) < 4.78 is 32.8. The van der Waals surface area contributed by atoms with Crippen molar-refractivity contribution in [1.29, 1.82) is 0 Å². The molecule has 0 bridgehead atoms. The minimum Gasteiger partial charge on any atom is -0.250 e. The maximum absolute atomic E-state index is 11.5. The van der Waals surface area contributed by atoms with Gasteiger partial charge in [0.1, 0.15) is 6.67 Å². The van der Waals surface area contributed by atoms with Gasteiger partial charge in [-0.15, -0.1) is 0 Å². The summed E-state index contributed by atoms with van der Waals surface area (Å²) in [4.78, 5) is 0. The minimum atomic E-state index is -2.58. The van der Waals surface area contributed by atoms with Gasteiger partial charge in [-0.25, -0.2) is 17.1 Å². The summed E-state index contributed by atoms with van der Waals surface area (Å²) >= 11 is 0. The molecule has 0 aliphatic heterocycles. The zero-order chi connectivity index (χ0) is 7.28. The van der Waals surface area contributed by atoms with Gasteiger partial charge >= 0.3 is 0 Å². The van der Waals surface area contributed by atoms with E-state index >= 15 is 0 Å². The molecule has 0 rings (SSSR count). The molecule has 0 aromatic carbocycles. The van der Waals surface area contributed by atoms with E-state index in [1.165, 1.54) is 0 Å². The molecular weight excluding hydrogens is 145 g/mol. The van der Waals surface area contributed by atoms with Crippen LogP contribution in [0.4, 0.5) is 4.39 Å². The Bertz CT molecular complexity index is 129. The van der Waals surface area contributed by atoms with Crippen molar-refractivity contribution >= 4 is 10.9 Å². The maximum atomic E-state index is 11.5. The van der Waals surface area contributed by atoms with E-state index in [4.69, 9.17) is 0 Å². The number of thiol groups is 1. The maximum Gasteiger partial charge on any atom is 0.204 e. The molecule has 0 aliphatic rings. The number of halogens is 1. The van der Waals surface area contributed by atoms with E-state index in [9.17, 15) is 12.8 Å². The molecule has 0 spiro atoms. The average molecular weight is 155 g/mol. The van der Waals surface area contributed by atoms with Gasteiger partial charge in [-0.1, -0.05) is 6.92 Å². The first-order chi connectivity index (χ1) is 4.22. The lowest BCUT2D eigenvalue weighted by Gasteiger charge is -2.07. The SMILES string of the molecule is CCN(CCF)[SH](=O)=O. The van der Waals surface area contributed by atoms with E-state index in [1.54, 1.807) is 6.92 Å². The van der Waals surface area contributed by atoms with Gasteiger partial charge in [-0.05, 0) is 0 Å². The Kier molecular flexibility index (Phi) is 4.61. The van der Waals surface area contributed by atoms with Crippen LogP contribution in [0.5, 0.6) is 0 Å². The third-order valence-corrected chi connectivity index (χ3v) is 1.88. The quantitative estimate of drug-likeness (QED) is 0.571. The summed E-state index contributed by atoms with van der Waals surface area (Å²) in [6, 6.07) is 0. The molecular formula is C4H10FNO2S. The summed E-state index contributed by atoms with van der Waals surface area (Å²) in [5, 5.41) is 0. The summed E-state index contributed by atoms with van der Waals surface area (Å²) in [6.07, 6.45) is 0. The van der Waals surface area contributed by atoms with Crippen molar-refractivity contribution in [1.82, 2.24) is 4.31 Å². The summed E-state index contributed by atoms with van der Waals surface area (Å²) in [6.45, 7) is 1.38. The number of rotatable bonds is 4. The van der Waals surface area contributed by atoms with Crippen LogP contribution in [0.25, 0.3) is 0 Å². The van der Waals surface area contributed by atoms with E-state index in [0.29, 0.717) is 6.54 Å². The van der Waals surface area contributed by atoms with Gasteiger partial charge in [0.15, 0.2) is 0 Å². The molecule has 0 aromatic rings. The smallest absolute Gasteiger partial charge is 0.204 e. The molecule has 0 amide bonds. The van der Waals surface area contributed by atoms with Crippen molar-refractivity contribution in [3.63, 3.8) is 0 Å². The largest absolute Gasteiger partial charge is 0.250 e. The number of hydrogen-bond donors (Lipinski definition) is 1. The highest BCUT2D eigenvalue weighted by atomic mass is 32.2. The standard InChI is InChI=1S/C4H10FNO2S/c1-2-6(4-3-5)9(7)8/h9H,2-4H2,1H3. The number of nitrogens with zero attached hydrogens (tertiary/aromatic N) is 1. The minimum absolute atomic E-state index is 0.0186. The van der Waals surface area contributed by atoms with Crippen molar-refractivity contribution in [2.45, 2.75) is 6.92 Å². The Morgan fingerprint density at radius 3 is 2.22 bits per heavy atom. The number of alkyl halides is 1. The Balaban J connectivity index is 3.68. The molecule has 5 heteroatoms. The molecule has 3 nitrogen and oxygen atoms in total. The van der Waals surface area contributed by atoms with Crippen molar-refractivity contribution in [2.24, 2.45) is 0 Å². The van der Waals surface area contributed by atoms with Crippen LogP contribution in [-0.4, -0.2) is 32.5 Å². The fourth-order valence-electron chi connectivity index (χ4n) is 0.453. The van der Waals surface area contributed by atoms with Crippen molar-refractivity contribution < 1.29 is 12.8 Å². The highest BCUT2D eigenvalue weighted by Gasteiger charge is 2.00. The topological polar surface area (TPSA) is 37.4 Å². The van der Waals surface area contributed by atoms with E-state index in [0.717, 1.165) is 4.31 Å². The summed E-state index contributed by atoms with van der Waals surface area (Å²) in [7, 11) is -2.58. The zero-order valence-corrected chi connectivity index (χ0v) is 6.10. The van der Waals surface area contributed by atoms with Crippen LogP contribution in [-0.2, 0) is 10.9 Å². The normalized spacial score (nSPS) is 11.1. The highest BCUT2D eigenvalue weighted by Crippen LogP contribution is 1.85. The van der Waals surface area contributed by atoms with Gasteiger partial charge in [0.2, 0.25) is 10.9 Å². The molecule has 0 atom stereocenters. The van der Waals surface area contributed by atoms with Crippen LogP contribution in [0, 0.1) is 0 Å². The first-order valence-corrected chi connectivity index (χ1v) is 3.80. The van der Waals surface area contributed by atoms with E-state index in [1.807, 2.05) is 0 Å². The van der Waals surface area contributed by atoms with Gasteiger partial charge in [-0.3, -0.25) is 0 Å². The van der Waals surface area contributed by atoms with Crippen LogP contribution in [0.2, 0.25) is 0 Å². The molecule has 0 radical (unpaired) electrons. The van der Waals surface area contributed by atoms with Gasteiger partial charge in [-0.2, -0.15) is 0 Å². The van der Waals surface area contributed by atoms with Crippen LogP contribution in [0.15, 0.2) is 0 Å². The first kappa shape index (κ1) is 8.84. The molecule has 0 heterocycles. The Morgan fingerprint density at radius 2 is 2.11 bits per heavy atom. The van der Waals surface area contributed by atoms with E-state index in [-0.39, 0.29) is 6.54 Å². The molecule has 0 N–H and O–H groups in total. The molecule has 0 aliphatic carbocycles. The Morgan fingerprint density at radius 1 is 1.56 bits per heavy atom. The predicted molar refractivity (Wildman–Crippen MR) is 33.5 cm³/mol. The lowest BCUT2D eigenvalue weighted by molar-refractivity contribution is 0.375. The second kappa shape index (κ2) is 4.69.